The number of anilines is 1. The van der Waals surface area contributed by atoms with Crippen molar-refractivity contribution in [1.29, 1.82) is 0 Å². The van der Waals surface area contributed by atoms with Crippen molar-refractivity contribution >= 4 is 35.0 Å². The van der Waals surface area contributed by atoms with E-state index in [1.807, 2.05) is 25.1 Å². The number of nitrogens with one attached hydrogen (secondary N) is 1. The first kappa shape index (κ1) is 24.3. The Labute approximate surface area is 205 Å². The average molecular weight is 499 g/mol. The molecular formula is C26H21F3N2O3S. The molecule has 1 aliphatic heterocycles. The first-order chi connectivity index (χ1) is 16.7. The predicted octanol–water partition coefficient (Wildman–Crippen LogP) is 5.86. The molecule has 3 aromatic carbocycles. The maximum atomic E-state index is 13.0. The Hall–Kier alpha value is -3.85. The molecule has 180 valence electrons. The second kappa shape index (κ2) is 9.79. The number of nitrogens with zero attached hydrogens (tertiary/aromatic N) is 1. The summed E-state index contributed by atoms with van der Waals surface area (Å²) in [5.41, 5.74) is 2.43. The number of thiocarbonyl (C=S) groups is 1. The third-order valence-electron chi connectivity index (χ3n) is 5.31. The molecule has 1 fully saturated rings. The Bertz CT molecular complexity index is 1320. The van der Waals surface area contributed by atoms with Crippen LogP contribution in [0.2, 0.25) is 0 Å². The van der Waals surface area contributed by atoms with E-state index >= 15 is 0 Å². The van der Waals surface area contributed by atoms with Crippen molar-refractivity contribution in [2.24, 2.45) is 0 Å². The molecule has 1 N–H and O–H groups in total. The first-order valence-corrected chi connectivity index (χ1v) is 11.0. The Morgan fingerprint density at radius 1 is 1.06 bits per heavy atom. The normalized spacial score (nSPS) is 14.9. The molecule has 0 spiro atoms. The van der Waals surface area contributed by atoms with Gasteiger partial charge in [0.15, 0.2) is 5.11 Å². The molecule has 1 aliphatic rings. The van der Waals surface area contributed by atoms with E-state index < -0.39 is 11.7 Å². The molecule has 0 unspecified atom stereocenters. The summed E-state index contributed by atoms with van der Waals surface area (Å²) in [6.07, 6.45) is -2.81. The van der Waals surface area contributed by atoms with Gasteiger partial charge >= 0.3 is 6.18 Å². The van der Waals surface area contributed by atoms with Crippen molar-refractivity contribution in [1.82, 2.24) is 5.32 Å². The maximum Gasteiger partial charge on any atom is 0.416 e. The molecule has 35 heavy (non-hydrogen) atoms. The van der Waals surface area contributed by atoms with E-state index in [0.29, 0.717) is 28.3 Å². The van der Waals surface area contributed by atoms with Gasteiger partial charge in [-0.15, -0.1) is 0 Å². The molecule has 5 nitrogen and oxygen atoms in total. The van der Waals surface area contributed by atoms with Crippen molar-refractivity contribution in [2.45, 2.75) is 19.7 Å². The third-order valence-corrected chi connectivity index (χ3v) is 5.59. The standard InChI is InChI=1S/C26H21F3N2O3S/c1-16-5-3-7-20(11-16)31-24(32)22(30-25(31)35)13-17-9-10-23(33-2)18(12-17)15-34-21-8-4-6-19(14-21)26(27,28)29/h3-14H,15H2,1-2H3,(H,30,35)/b22-13+. The van der Waals surface area contributed by atoms with Gasteiger partial charge in [0.05, 0.1) is 18.4 Å². The van der Waals surface area contributed by atoms with Crippen LogP contribution in [0.5, 0.6) is 11.5 Å². The van der Waals surface area contributed by atoms with Crippen LogP contribution in [-0.2, 0) is 17.6 Å². The first-order valence-electron chi connectivity index (χ1n) is 10.6. The largest absolute Gasteiger partial charge is 0.496 e. The van der Waals surface area contributed by atoms with Crippen molar-refractivity contribution in [2.75, 3.05) is 12.0 Å². The number of aryl methyl sites for hydroxylation is 1. The van der Waals surface area contributed by atoms with Crippen molar-refractivity contribution in [3.63, 3.8) is 0 Å². The number of amides is 1. The Balaban J connectivity index is 1.56. The van der Waals surface area contributed by atoms with Gasteiger partial charge in [0, 0.05) is 5.56 Å². The quantitative estimate of drug-likeness (QED) is 0.341. The van der Waals surface area contributed by atoms with E-state index in [4.69, 9.17) is 21.7 Å². The van der Waals surface area contributed by atoms with Gasteiger partial charge in [0.25, 0.3) is 5.91 Å². The number of hydrogen-bond donors (Lipinski definition) is 1. The molecule has 0 aromatic heterocycles. The summed E-state index contributed by atoms with van der Waals surface area (Å²) in [5, 5.41) is 3.22. The number of alkyl halides is 3. The van der Waals surface area contributed by atoms with E-state index in [2.05, 4.69) is 5.32 Å². The Kier molecular flexibility index (Phi) is 6.79. The highest BCUT2D eigenvalue weighted by molar-refractivity contribution is 7.80. The fourth-order valence-corrected chi connectivity index (χ4v) is 3.93. The summed E-state index contributed by atoms with van der Waals surface area (Å²) in [6.45, 7) is 1.90. The average Bonchev–Trinajstić information content (AvgIpc) is 3.10. The summed E-state index contributed by atoms with van der Waals surface area (Å²) >= 11 is 5.37. The minimum absolute atomic E-state index is 0.0311. The number of ether oxygens (including phenoxy) is 2. The second-order valence-electron chi connectivity index (χ2n) is 7.85. The van der Waals surface area contributed by atoms with Gasteiger partial charge in [-0.2, -0.15) is 13.2 Å². The van der Waals surface area contributed by atoms with Gasteiger partial charge in [-0.25, -0.2) is 0 Å². The summed E-state index contributed by atoms with van der Waals surface area (Å²) in [7, 11) is 1.49. The van der Waals surface area contributed by atoms with Gasteiger partial charge in [-0.1, -0.05) is 24.3 Å². The molecule has 1 saturated heterocycles. The van der Waals surface area contributed by atoms with E-state index in [1.165, 1.54) is 24.1 Å². The zero-order valence-electron chi connectivity index (χ0n) is 18.8. The van der Waals surface area contributed by atoms with E-state index in [9.17, 15) is 18.0 Å². The van der Waals surface area contributed by atoms with Crippen LogP contribution < -0.4 is 19.7 Å². The molecule has 1 amide bonds. The SMILES string of the molecule is COc1ccc(/C=C2/NC(=S)N(c3cccc(C)c3)C2=O)cc1COc1cccc(C(F)(F)F)c1. The molecule has 0 radical (unpaired) electrons. The lowest BCUT2D eigenvalue weighted by Crippen LogP contribution is -2.30. The molecule has 3 aromatic rings. The third kappa shape index (κ3) is 5.46. The smallest absolute Gasteiger partial charge is 0.416 e. The molecule has 0 aliphatic carbocycles. The minimum Gasteiger partial charge on any atom is -0.496 e. The molecule has 0 atom stereocenters. The van der Waals surface area contributed by atoms with Crippen molar-refractivity contribution < 1.29 is 27.4 Å². The molecule has 0 bridgehead atoms. The lowest BCUT2D eigenvalue weighted by Gasteiger charge is -2.14. The Morgan fingerprint density at radius 2 is 1.83 bits per heavy atom. The van der Waals surface area contributed by atoms with Gasteiger partial charge < -0.3 is 14.8 Å². The summed E-state index contributed by atoms with van der Waals surface area (Å²) in [5.74, 6) is 0.289. The Morgan fingerprint density at radius 3 is 2.54 bits per heavy atom. The van der Waals surface area contributed by atoms with Gasteiger partial charge in [-0.3, -0.25) is 9.69 Å². The van der Waals surface area contributed by atoms with Gasteiger partial charge in [-0.05, 0) is 78.8 Å². The highest BCUT2D eigenvalue weighted by Crippen LogP contribution is 2.32. The molecule has 1 heterocycles. The molecule has 9 heteroatoms. The van der Waals surface area contributed by atoms with Crippen LogP contribution in [0, 0.1) is 6.92 Å². The van der Waals surface area contributed by atoms with E-state index in [0.717, 1.165) is 17.7 Å². The molecule has 4 rings (SSSR count). The number of benzene rings is 3. The summed E-state index contributed by atoms with van der Waals surface area (Å²) in [4.78, 5) is 14.5. The van der Waals surface area contributed by atoms with Gasteiger partial charge in [0.1, 0.15) is 23.8 Å². The highest BCUT2D eigenvalue weighted by Gasteiger charge is 2.32. The number of methoxy groups -OCH3 is 1. The number of rotatable bonds is 6. The van der Waals surface area contributed by atoms with Crippen molar-refractivity contribution in [3.05, 3.63) is 94.7 Å². The van der Waals surface area contributed by atoms with Crippen LogP contribution in [0.1, 0.15) is 22.3 Å². The maximum absolute atomic E-state index is 13.0. The van der Waals surface area contributed by atoms with Crippen LogP contribution >= 0.6 is 12.2 Å². The van der Waals surface area contributed by atoms with E-state index in [1.54, 1.807) is 30.3 Å². The highest BCUT2D eigenvalue weighted by atomic mass is 32.1. The van der Waals surface area contributed by atoms with Crippen LogP contribution in [0.25, 0.3) is 6.08 Å². The molecular weight excluding hydrogens is 477 g/mol. The van der Waals surface area contributed by atoms with Crippen LogP contribution in [0.15, 0.2) is 72.4 Å². The second-order valence-corrected chi connectivity index (χ2v) is 8.24. The van der Waals surface area contributed by atoms with E-state index in [-0.39, 0.29) is 23.4 Å². The van der Waals surface area contributed by atoms with Crippen LogP contribution in [0.4, 0.5) is 18.9 Å². The minimum atomic E-state index is -4.46. The fraction of sp³-hybridized carbons (Fsp3) is 0.154. The zero-order valence-corrected chi connectivity index (χ0v) is 19.7. The summed E-state index contributed by atoms with van der Waals surface area (Å²) in [6, 6.07) is 17.3. The fourth-order valence-electron chi connectivity index (χ4n) is 3.63. The number of hydrogen-bond acceptors (Lipinski definition) is 4. The number of carbonyl (C=O) groups excluding carboxylic acids is 1. The summed E-state index contributed by atoms with van der Waals surface area (Å²) < 4.78 is 49.9. The topological polar surface area (TPSA) is 50.8 Å². The van der Waals surface area contributed by atoms with Gasteiger partial charge in [0.2, 0.25) is 0 Å². The monoisotopic (exact) mass is 498 g/mol. The van der Waals surface area contributed by atoms with Crippen molar-refractivity contribution in [3.8, 4) is 11.5 Å². The van der Waals surface area contributed by atoms with Crippen LogP contribution in [-0.4, -0.2) is 18.1 Å². The number of carbonyl (C=O) groups is 1. The lowest BCUT2D eigenvalue weighted by atomic mass is 10.1. The predicted molar refractivity (Wildman–Crippen MR) is 131 cm³/mol. The number of halogens is 3. The lowest BCUT2D eigenvalue weighted by molar-refractivity contribution is -0.137. The zero-order chi connectivity index (χ0) is 25.2. The molecule has 0 saturated carbocycles. The van der Waals surface area contributed by atoms with Crippen LogP contribution in [0.3, 0.4) is 0 Å².